The van der Waals surface area contributed by atoms with Crippen molar-refractivity contribution in [2.24, 2.45) is 0 Å². The van der Waals surface area contributed by atoms with Gasteiger partial charge >= 0.3 is 0 Å². The zero-order valence-corrected chi connectivity index (χ0v) is 13.4. The second-order valence-electron chi connectivity index (χ2n) is 5.18. The smallest absolute Gasteiger partial charge is 0.251 e. The number of carbonyl (C=O) groups is 1. The Hall–Kier alpha value is -1.70. The molecule has 1 heterocycles. The summed E-state index contributed by atoms with van der Waals surface area (Å²) in [4.78, 5) is 13.0. The fourth-order valence-electron chi connectivity index (χ4n) is 1.94. The van der Waals surface area contributed by atoms with E-state index >= 15 is 0 Å². The summed E-state index contributed by atoms with van der Waals surface area (Å²) in [7, 11) is -3.56. The number of carbonyl (C=O) groups excluding carboxylic acids is 1. The van der Waals surface area contributed by atoms with E-state index in [0.29, 0.717) is 5.56 Å². The van der Waals surface area contributed by atoms with E-state index in [9.17, 15) is 13.2 Å². The second-order valence-corrected chi connectivity index (χ2v) is 7.98. The Morgan fingerprint density at radius 2 is 1.91 bits per heavy atom. The van der Waals surface area contributed by atoms with Crippen LogP contribution in [0, 0.1) is 0 Å². The molecular weight excluding hydrogens is 320 g/mol. The van der Waals surface area contributed by atoms with Gasteiger partial charge in [-0.25, -0.2) is 13.1 Å². The van der Waals surface area contributed by atoms with Crippen LogP contribution in [-0.4, -0.2) is 20.4 Å². The van der Waals surface area contributed by atoms with Crippen LogP contribution in [0.4, 0.5) is 0 Å². The Balaban J connectivity index is 1.66. The van der Waals surface area contributed by atoms with E-state index in [-0.39, 0.29) is 23.4 Å². The van der Waals surface area contributed by atoms with Crippen molar-refractivity contribution in [1.82, 2.24) is 10.0 Å². The number of sulfonamides is 1. The minimum atomic E-state index is -3.56. The number of benzene rings is 1. The molecule has 5 nitrogen and oxygen atoms in total. The molecule has 116 valence electrons. The molecule has 7 heteroatoms. The average Bonchev–Trinajstić information content (AvgIpc) is 3.16. The molecular formula is C15H16N2O3S2. The molecule has 0 atom stereocenters. The van der Waals surface area contributed by atoms with Crippen LogP contribution in [-0.2, 0) is 16.6 Å². The van der Waals surface area contributed by atoms with E-state index in [4.69, 9.17) is 0 Å². The molecule has 0 spiro atoms. The van der Waals surface area contributed by atoms with Gasteiger partial charge in [0.1, 0.15) is 0 Å². The summed E-state index contributed by atoms with van der Waals surface area (Å²) in [6.45, 7) is 0.268. The molecule has 0 radical (unpaired) electrons. The minimum absolute atomic E-state index is 0.155. The SMILES string of the molecule is O=C(NC1CC1)c1ccc(S(=O)(=O)NCc2cccs2)cc1. The van der Waals surface area contributed by atoms with Crippen LogP contribution in [0.5, 0.6) is 0 Å². The zero-order valence-electron chi connectivity index (χ0n) is 11.8. The first-order valence-electron chi connectivity index (χ1n) is 6.97. The number of amides is 1. The third-order valence-electron chi connectivity index (χ3n) is 3.36. The van der Waals surface area contributed by atoms with Gasteiger partial charge in [-0.1, -0.05) is 6.07 Å². The molecule has 2 aromatic rings. The minimum Gasteiger partial charge on any atom is -0.349 e. The van der Waals surface area contributed by atoms with Crippen molar-refractivity contribution in [3.8, 4) is 0 Å². The summed E-state index contributed by atoms with van der Waals surface area (Å²) < 4.78 is 26.9. The molecule has 0 unspecified atom stereocenters. The Kier molecular flexibility index (Phi) is 4.28. The van der Waals surface area contributed by atoms with Crippen LogP contribution in [0.3, 0.4) is 0 Å². The van der Waals surface area contributed by atoms with E-state index in [1.54, 1.807) is 0 Å². The molecule has 1 amide bonds. The topological polar surface area (TPSA) is 75.3 Å². The Bertz CT molecular complexity index is 749. The highest BCUT2D eigenvalue weighted by Crippen LogP contribution is 2.20. The summed E-state index contributed by atoms with van der Waals surface area (Å²) in [5.74, 6) is -0.155. The predicted molar refractivity (Wildman–Crippen MR) is 85.3 cm³/mol. The highest BCUT2D eigenvalue weighted by Gasteiger charge is 2.24. The number of hydrogen-bond donors (Lipinski definition) is 2. The van der Waals surface area contributed by atoms with Crippen molar-refractivity contribution in [3.05, 3.63) is 52.2 Å². The van der Waals surface area contributed by atoms with E-state index in [1.807, 2.05) is 17.5 Å². The molecule has 3 rings (SSSR count). The average molecular weight is 336 g/mol. The Morgan fingerprint density at radius 1 is 1.18 bits per heavy atom. The van der Waals surface area contributed by atoms with Crippen LogP contribution in [0.15, 0.2) is 46.7 Å². The summed E-state index contributed by atoms with van der Waals surface area (Å²) in [6, 6.07) is 10.0. The maximum Gasteiger partial charge on any atom is 0.251 e. The van der Waals surface area contributed by atoms with Crippen molar-refractivity contribution in [3.63, 3.8) is 0 Å². The lowest BCUT2D eigenvalue weighted by Crippen LogP contribution is -2.26. The van der Waals surface area contributed by atoms with Crippen LogP contribution in [0.2, 0.25) is 0 Å². The first kappa shape index (κ1) is 15.2. The van der Waals surface area contributed by atoms with Gasteiger partial charge in [0.15, 0.2) is 0 Å². The molecule has 22 heavy (non-hydrogen) atoms. The lowest BCUT2D eigenvalue weighted by molar-refractivity contribution is 0.0951. The molecule has 1 aromatic carbocycles. The first-order chi connectivity index (χ1) is 10.5. The largest absolute Gasteiger partial charge is 0.349 e. The molecule has 0 saturated heterocycles. The van der Waals surface area contributed by atoms with Crippen molar-refractivity contribution < 1.29 is 13.2 Å². The summed E-state index contributed by atoms with van der Waals surface area (Å²) in [5, 5.41) is 4.77. The van der Waals surface area contributed by atoms with Gasteiger partial charge in [0, 0.05) is 23.0 Å². The van der Waals surface area contributed by atoms with Gasteiger partial charge in [0.2, 0.25) is 10.0 Å². The Morgan fingerprint density at radius 3 is 2.50 bits per heavy atom. The van der Waals surface area contributed by atoms with Crippen LogP contribution in [0.1, 0.15) is 28.1 Å². The molecule has 1 aliphatic carbocycles. The number of thiophene rings is 1. The Labute approximate surface area is 133 Å². The van der Waals surface area contributed by atoms with E-state index in [1.165, 1.54) is 35.6 Å². The monoisotopic (exact) mass is 336 g/mol. The molecule has 2 N–H and O–H groups in total. The van der Waals surface area contributed by atoms with Crippen molar-refractivity contribution in [1.29, 1.82) is 0 Å². The molecule has 1 aliphatic rings. The van der Waals surface area contributed by atoms with Crippen molar-refractivity contribution in [2.45, 2.75) is 30.3 Å². The van der Waals surface area contributed by atoms with Gasteiger partial charge in [-0.3, -0.25) is 4.79 Å². The highest BCUT2D eigenvalue weighted by molar-refractivity contribution is 7.89. The van der Waals surface area contributed by atoms with E-state index in [0.717, 1.165) is 17.7 Å². The molecule has 1 saturated carbocycles. The maximum absolute atomic E-state index is 12.2. The summed E-state index contributed by atoms with van der Waals surface area (Å²) in [6.07, 6.45) is 2.04. The highest BCUT2D eigenvalue weighted by atomic mass is 32.2. The lowest BCUT2D eigenvalue weighted by atomic mass is 10.2. The number of rotatable bonds is 6. The van der Waals surface area contributed by atoms with Gasteiger partial charge in [-0.15, -0.1) is 11.3 Å². The van der Waals surface area contributed by atoms with E-state index in [2.05, 4.69) is 10.0 Å². The number of nitrogens with one attached hydrogen (secondary N) is 2. The maximum atomic E-state index is 12.2. The summed E-state index contributed by atoms with van der Waals surface area (Å²) >= 11 is 1.50. The normalized spacial score (nSPS) is 14.7. The molecule has 0 bridgehead atoms. The summed E-state index contributed by atoms with van der Waals surface area (Å²) in [5.41, 5.74) is 0.476. The van der Waals surface area contributed by atoms with Crippen LogP contribution < -0.4 is 10.0 Å². The molecule has 1 aromatic heterocycles. The van der Waals surface area contributed by atoms with Crippen LogP contribution in [0.25, 0.3) is 0 Å². The predicted octanol–water partition coefficient (Wildman–Crippen LogP) is 2.12. The fourth-order valence-corrected chi connectivity index (χ4v) is 3.69. The van der Waals surface area contributed by atoms with Crippen molar-refractivity contribution >= 4 is 27.3 Å². The van der Waals surface area contributed by atoms with E-state index < -0.39 is 10.0 Å². The van der Waals surface area contributed by atoms with Crippen molar-refractivity contribution in [2.75, 3.05) is 0 Å². The quantitative estimate of drug-likeness (QED) is 0.848. The fraction of sp³-hybridized carbons (Fsp3) is 0.267. The molecule has 0 aliphatic heterocycles. The van der Waals surface area contributed by atoms with Crippen LogP contribution >= 0.6 is 11.3 Å². The van der Waals surface area contributed by atoms with Gasteiger partial charge in [0.05, 0.1) is 4.90 Å². The number of hydrogen-bond acceptors (Lipinski definition) is 4. The first-order valence-corrected chi connectivity index (χ1v) is 9.34. The van der Waals surface area contributed by atoms with Gasteiger partial charge < -0.3 is 5.32 Å². The third kappa shape index (κ3) is 3.73. The van der Waals surface area contributed by atoms with Gasteiger partial charge in [-0.2, -0.15) is 0 Å². The standard InChI is InChI=1S/C15H16N2O3S2/c18-15(17-12-5-6-12)11-3-7-14(8-4-11)22(19,20)16-10-13-2-1-9-21-13/h1-4,7-9,12,16H,5-6,10H2,(H,17,18). The second kappa shape index (κ2) is 6.20. The van der Waals surface area contributed by atoms with Gasteiger partial charge in [0.25, 0.3) is 5.91 Å². The van der Waals surface area contributed by atoms with Gasteiger partial charge in [-0.05, 0) is 48.6 Å². The third-order valence-corrected chi connectivity index (χ3v) is 5.65. The lowest BCUT2D eigenvalue weighted by Gasteiger charge is -2.07. The molecule has 1 fully saturated rings. The zero-order chi connectivity index (χ0) is 15.6.